The molecule has 0 radical (unpaired) electrons. The number of pyridine rings is 1. The van der Waals surface area contributed by atoms with E-state index in [-0.39, 0.29) is 18.0 Å². The Balaban J connectivity index is 1.42. The number of aromatic nitrogens is 3. The Morgan fingerprint density at radius 1 is 1.18 bits per heavy atom. The van der Waals surface area contributed by atoms with Gasteiger partial charge in [-0.15, -0.1) is 6.42 Å². The summed E-state index contributed by atoms with van der Waals surface area (Å²) in [6.07, 6.45) is 11.3. The fraction of sp³-hybridized carbons (Fsp3) is 0.290. The van der Waals surface area contributed by atoms with Crippen LogP contribution in [0, 0.1) is 12.3 Å². The second-order valence-corrected chi connectivity index (χ2v) is 10.4. The standard InChI is InChI=1S/C31H31ClN6O2/c1-3-12-34-29(22-8-10-23(11-9-22)30(39)35-19-21-7-6-13-33-18-21)24-16-25-27(17-26(24)32)36-28(37(2)31(25)40)20-38-14-4-5-15-38/h1,6-11,13,16-18,29,34H,4-5,12,14-15,19-20H2,2H3,(H,35,39). The van der Waals surface area contributed by atoms with Gasteiger partial charge in [0.1, 0.15) is 5.82 Å². The van der Waals surface area contributed by atoms with Gasteiger partial charge in [-0.1, -0.05) is 35.7 Å². The van der Waals surface area contributed by atoms with Crippen molar-refractivity contribution in [2.45, 2.75) is 32.0 Å². The highest BCUT2D eigenvalue weighted by atomic mass is 35.5. The quantitative estimate of drug-likeness (QED) is 0.306. The molecule has 2 aromatic heterocycles. The van der Waals surface area contributed by atoms with E-state index in [2.05, 4.69) is 26.4 Å². The summed E-state index contributed by atoms with van der Waals surface area (Å²) in [6, 6.07) is 14.2. The number of benzene rings is 2. The van der Waals surface area contributed by atoms with Crippen molar-refractivity contribution in [1.82, 2.24) is 30.1 Å². The summed E-state index contributed by atoms with van der Waals surface area (Å²) in [5, 5.41) is 7.21. The van der Waals surface area contributed by atoms with Crippen molar-refractivity contribution < 1.29 is 4.79 Å². The number of rotatable bonds is 9. The van der Waals surface area contributed by atoms with Crippen LogP contribution in [-0.4, -0.2) is 45.0 Å². The van der Waals surface area contributed by atoms with E-state index in [4.69, 9.17) is 23.0 Å². The first-order valence-electron chi connectivity index (χ1n) is 13.3. The minimum absolute atomic E-state index is 0.117. The van der Waals surface area contributed by atoms with Gasteiger partial charge >= 0.3 is 0 Å². The largest absolute Gasteiger partial charge is 0.348 e. The monoisotopic (exact) mass is 554 g/mol. The van der Waals surface area contributed by atoms with Crippen molar-refractivity contribution in [3.8, 4) is 12.3 Å². The molecule has 0 spiro atoms. The number of terminal acetylenes is 1. The number of likely N-dealkylation sites (tertiary alicyclic amines) is 1. The summed E-state index contributed by atoms with van der Waals surface area (Å²) >= 11 is 6.80. The number of hydrogen-bond acceptors (Lipinski definition) is 6. The molecular weight excluding hydrogens is 524 g/mol. The zero-order valence-electron chi connectivity index (χ0n) is 22.4. The number of carbonyl (C=O) groups excluding carboxylic acids is 1. The molecule has 2 aromatic carbocycles. The van der Waals surface area contributed by atoms with Crippen LogP contribution < -0.4 is 16.2 Å². The molecule has 5 rings (SSSR count). The van der Waals surface area contributed by atoms with E-state index in [0.29, 0.717) is 40.1 Å². The second kappa shape index (κ2) is 12.4. The van der Waals surface area contributed by atoms with Crippen LogP contribution in [0.5, 0.6) is 0 Å². The molecule has 1 unspecified atom stereocenters. The van der Waals surface area contributed by atoms with Crippen molar-refractivity contribution in [3.63, 3.8) is 0 Å². The number of hydrogen-bond donors (Lipinski definition) is 2. The van der Waals surface area contributed by atoms with Crippen LogP contribution in [0.15, 0.2) is 65.7 Å². The fourth-order valence-corrected chi connectivity index (χ4v) is 5.31. The van der Waals surface area contributed by atoms with Crippen LogP contribution in [0.25, 0.3) is 10.9 Å². The van der Waals surface area contributed by atoms with E-state index < -0.39 is 6.04 Å². The van der Waals surface area contributed by atoms with Gasteiger partial charge in [0.05, 0.1) is 30.0 Å². The van der Waals surface area contributed by atoms with Gasteiger partial charge in [0.25, 0.3) is 11.5 Å². The van der Waals surface area contributed by atoms with Crippen LogP contribution in [0.2, 0.25) is 5.02 Å². The third-order valence-corrected chi connectivity index (χ3v) is 7.58. The fourth-order valence-electron chi connectivity index (χ4n) is 5.04. The maximum atomic E-state index is 13.4. The molecule has 0 bridgehead atoms. The van der Waals surface area contributed by atoms with Crippen molar-refractivity contribution >= 4 is 28.4 Å². The lowest BCUT2D eigenvalue weighted by Crippen LogP contribution is -2.28. The molecule has 4 aromatic rings. The number of nitrogens with zero attached hydrogens (tertiary/aromatic N) is 4. The highest BCUT2D eigenvalue weighted by Crippen LogP contribution is 2.31. The molecule has 1 saturated heterocycles. The van der Waals surface area contributed by atoms with Crippen molar-refractivity contribution in [1.29, 1.82) is 0 Å². The lowest BCUT2D eigenvalue weighted by molar-refractivity contribution is 0.0951. The van der Waals surface area contributed by atoms with E-state index in [1.807, 2.05) is 24.3 Å². The first-order valence-corrected chi connectivity index (χ1v) is 13.7. The number of nitrogens with one attached hydrogen (secondary N) is 2. The Morgan fingerprint density at radius 3 is 2.65 bits per heavy atom. The molecule has 1 fully saturated rings. The van der Waals surface area contributed by atoms with Crippen LogP contribution in [0.3, 0.4) is 0 Å². The molecule has 0 saturated carbocycles. The van der Waals surface area contributed by atoms with Gasteiger partial charge in [-0.2, -0.15) is 0 Å². The van der Waals surface area contributed by atoms with Crippen LogP contribution in [0.4, 0.5) is 0 Å². The van der Waals surface area contributed by atoms with Gasteiger partial charge in [-0.3, -0.25) is 29.4 Å². The van der Waals surface area contributed by atoms with Gasteiger partial charge in [-0.05, 0) is 73.0 Å². The zero-order chi connectivity index (χ0) is 28.1. The van der Waals surface area contributed by atoms with E-state index in [1.54, 1.807) is 48.3 Å². The minimum Gasteiger partial charge on any atom is -0.348 e. The number of carbonyl (C=O) groups is 1. The summed E-state index contributed by atoms with van der Waals surface area (Å²) in [4.78, 5) is 37.3. The highest BCUT2D eigenvalue weighted by Gasteiger charge is 2.21. The van der Waals surface area contributed by atoms with E-state index in [0.717, 1.165) is 30.0 Å². The van der Waals surface area contributed by atoms with Gasteiger partial charge < -0.3 is 5.32 Å². The first-order chi connectivity index (χ1) is 19.4. The topological polar surface area (TPSA) is 92.2 Å². The number of fused-ring (bicyclic) bond motifs is 1. The maximum Gasteiger partial charge on any atom is 0.261 e. The summed E-state index contributed by atoms with van der Waals surface area (Å²) in [5.41, 5.74) is 3.47. The Hall–Kier alpha value is -4.03. The summed E-state index contributed by atoms with van der Waals surface area (Å²) in [6.45, 7) is 3.34. The lowest BCUT2D eigenvalue weighted by Gasteiger charge is -2.21. The molecule has 0 aliphatic carbocycles. The molecular formula is C31H31ClN6O2. The maximum absolute atomic E-state index is 13.4. The summed E-state index contributed by atoms with van der Waals surface area (Å²) in [7, 11) is 1.76. The number of halogens is 1. The van der Waals surface area contributed by atoms with Crippen molar-refractivity contribution in [2.75, 3.05) is 19.6 Å². The Labute approximate surface area is 238 Å². The summed E-state index contributed by atoms with van der Waals surface area (Å²) in [5.74, 6) is 3.15. The third kappa shape index (κ3) is 6.07. The molecule has 204 valence electrons. The average molecular weight is 555 g/mol. The average Bonchev–Trinajstić information content (AvgIpc) is 3.49. The molecule has 1 amide bonds. The van der Waals surface area contributed by atoms with E-state index in [9.17, 15) is 9.59 Å². The Morgan fingerprint density at radius 2 is 1.95 bits per heavy atom. The predicted molar refractivity (Wildman–Crippen MR) is 157 cm³/mol. The Bertz CT molecular complexity index is 1610. The van der Waals surface area contributed by atoms with Gasteiger partial charge in [0, 0.05) is 36.6 Å². The molecule has 8 nitrogen and oxygen atoms in total. The van der Waals surface area contributed by atoms with Gasteiger partial charge in [0.2, 0.25) is 0 Å². The van der Waals surface area contributed by atoms with Gasteiger partial charge in [0.15, 0.2) is 0 Å². The van der Waals surface area contributed by atoms with Crippen molar-refractivity contribution in [2.24, 2.45) is 7.05 Å². The normalized spacial score (nSPS) is 14.2. The molecule has 2 N–H and O–H groups in total. The minimum atomic E-state index is -0.394. The van der Waals surface area contributed by atoms with E-state index in [1.165, 1.54) is 12.8 Å². The third-order valence-electron chi connectivity index (χ3n) is 7.25. The number of amides is 1. The van der Waals surface area contributed by atoms with Crippen LogP contribution in [0.1, 0.15) is 51.8 Å². The Kier molecular flexibility index (Phi) is 8.56. The molecule has 9 heteroatoms. The van der Waals surface area contributed by atoms with E-state index >= 15 is 0 Å². The lowest BCUT2D eigenvalue weighted by atomic mass is 9.96. The first kappa shape index (κ1) is 27.5. The molecule has 1 atom stereocenters. The van der Waals surface area contributed by atoms with Gasteiger partial charge in [-0.25, -0.2) is 4.98 Å². The zero-order valence-corrected chi connectivity index (χ0v) is 23.1. The van der Waals surface area contributed by atoms with Crippen LogP contribution in [-0.2, 0) is 20.1 Å². The smallest absolute Gasteiger partial charge is 0.261 e. The summed E-state index contributed by atoms with van der Waals surface area (Å²) < 4.78 is 1.63. The molecule has 40 heavy (non-hydrogen) atoms. The second-order valence-electron chi connectivity index (χ2n) is 9.95. The van der Waals surface area contributed by atoms with Crippen LogP contribution >= 0.6 is 11.6 Å². The molecule has 1 aliphatic heterocycles. The molecule has 3 heterocycles. The van der Waals surface area contributed by atoms with Crippen molar-refractivity contribution in [3.05, 3.63) is 104 Å². The predicted octanol–water partition coefficient (Wildman–Crippen LogP) is 3.82. The highest BCUT2D eigenvalue weighted by molar-refractivity contribution is 6.32. The SMILES string of the molecule is C#CCNC(c1ccc(C(=O)NCc2cccnc2)cc1)c1cc2c(=O)n(C)c(CN3CCCC3)nc2cc1Cl. The molecule has 1 aliphatic rings.